The van der Waals surface area contributed by atoms with Crippen LogP contribution in [-0.2, 0) is 9.59 Å². The largest absolute Gasteiger partial charge is 0.480 e. The summed E-state index contributed by atoms with van der Waals surface area (Å²) < 4.78 is 0. The van der Waals surface area contributed by atoms with E-state index < -0.39 is 12.0 Å². The van der Waals surface area contributed by atoms with Gasteiger partial charge in [-0.05, 0) is 44.4 Å². The van der Waals surface area contributed by atoms with E-state index in [2.05, 4.69) is 24.4 Å². The Morgan fingerprint density at radius 2 is 1.42 bits per heavy atom. The number of rotatable bonds is 17. The summed E-state index contributed by atoms with van der Waals surface area (Å²) in [5, 5.41) is 11.8. The fraction of sp³-hybridized carbons (Fsp3) is 0.818. The second kappa shape index (κ2) is 17.1. The molecule has 0 aromatic heterocycles. The molecule has 0 aliphatic heterocycles. The molecule has 152 valence electrons. The van der Waals surface area contributed by atoms with Crippen molar-refractivity contribution in [2.45, 2.75) is 110 Å². The summed E-state index contributed by atoms with van der Waals surface area (Å²) in [4.78, 5) is 23.0. The van der Waals surface area contributed by atoms with Crippen LogP contribution in [0.5, 0.6) is 0 Å². The van der Waals surface area contributed by atoms with Crippen LogP contribution in [0.15, 0.2) is 12.2 Å². The molecule has 0 aromatic rings. The number of carboxylic acids is 1. The normalized spacial score (nSPS) is 12.6. The second-order valence-corrected chi connectivity index (χ2v) is 7.72. The fourth-order valence-electron chi connectivity index (χ4n) is 2.96. The minimum atomic E-state index is -0.939. The third-order valence-electron chi connectivity index (χ3n) is 4.51. The van der Waals surface area contributed by atoms with Crippen molar-refractivity contribution in [3.05, 3.63) is 12.2 Å². The standard InChI is InChI=1S/C22H41NO3/c1-4-5-6-7-8-9-10-11-12-13-14-15-16-17-21(24)23-20(22(25)26)18-19(2)3/h9-10,19-20H,4-8,11-18H2,1-3H3,(H,23,24)(H,25,26). The predicted molar refractivity (Wildman–Crippen MR) is 109 cm³/mol. The van der Waals surface area contributed by atoms with E-state index in [9.17, 15) is 9.59 Å². The maximum absolute atomic E-state index is 11.9. The van der Waals surface area contributed by atoms with Gasteiger partial charge in [0.25, 0.3) is 0 Å². The lowest BCUT2D eigenvalue weighted by atomic mass is 10.0. The van der Waals surface area contributed by atoms with Crippen LogP contribution in [-0.4, -0.2) is 23.0 Å². The molecule has 0 bridgehead atoms. The van der Waals surface area contributed by atoms with Crippen LogP contribution in [0, 0.1) is 5.92 Å². The van der Waals surface area contributed by atoms with Crippen molar-refractivity contribution < 1.29 is 14.7 Å². The highest BCUT2D eigenvalue weighted by atomic mass is 16.4. The first-order valence-electron chi connectivity index (χ1n) is 10.6. The number of carbonyl (C=O) groups excluding carboxylic acids is 1. The minimum absolute atomic E-state index is 0.135. The first kappa shape index (κ1) is 24.7. The first-order chi connectivity index (χ1) is 12.5. The van der Waals surface area contributed by atoms with Gasteiger partial charge in [-0.2, -0.15) is 0 Å². The average molecular weight is 368 g/mol. The van der Waals surface area contributed by atoms with Crippen molar-refractivity contribution in [2.75, 3.05) is 0 Å². The number of carboxylic acid groups (broad SMARTS) is 1. The Hall–Kier alpha value is -1.32. The number of nitrogens with one attached hydrogen (secondary N) is 1. The molecule has 4 heteroatoms. The van der Waals surface area contributed by atoms with Gasteiger partial charge in [0.15, 0.2) is 0 Å². The Labute approximate surface area is 160 Å². The summed E-state index contributed by atoms with van der Waals surface area (Å²) in [6, 6.07) is -0.753. The molecule has 1 atom stereocenters. The zero-order chi connectivity index (χ0) is 19.6. The van der Waals surface area contributed by atoms with Crippen molar-refractivity contribution in [3.8, 4) is 0 Å². The number of amides is 1. The fourth-order valence-corrected chi connectivity index (χ4v) is 2.96. The number of aliphatic carboxylic acids is 1. The Balaban J connectivity index is 3.55. The van der Waals surface area contributed by atoms with Crippen LogP contribution in [0.25, 0.3) is 0 Å². The lowest BCUT2D eigenvalue weighted by molar-refractivity contribution is -0.142. The number of allylic oxidation sites excluding steroid dienone is 2. The van der Waals surface area contributed by atoms with E-state index in [1.807, 2.05) is 13.8 Å². The highest BCUT2D eigenvalue weighted by Crippen LogP contribution is 2.10. The molecular weight excluding hydrogens is 326 g/mol. The summed E-state index contributed by atoms with van der Waals surface area (Å²) in [6.45, 7) is 6.16. The minimum Gasteiger partial charge on any atom is -0.480 e. The van der Waals surface area contributed by atoms with E-state index in [4.69, 9.17) is 5.11 Å². The van der Waals surface area contributed by atoms with Crippen LogP contribution in [0.3, 0.4) is 0 Å². The maximum atomic E-state index is 11.9. The van der Waals surface area contributed by atoms with Gasteiger partial charge < -0.3 is 10.4 Å². The van der Waals surface area contributed by atoms with Crippen LogP contribution in [0.2, 0.25) is 0 Å². The number of hydrogen-bond acceptors (Lipinski definition) is 2. The van der Waals surface area contributed by atoms with Crippen LogP contribution in [0.4, 0.5) is 0 Å². The third kappa shape index (κ3) is 16.2. The van der Waals surface area contributed by atoms with Crippen LogP contribution < -0.4 is 5.32 Å². The van der Waals surface area contributed by atoms with E-state index in [0.717, 1.165) is 25.7 Å². The molecule has 0 aliphatic carbocycles. The Bertz CT molecular complexity index is 391. The zero-order valence-electron chi connectivity index (χ0n) is 17.3. The molecule has 0 spiro atoms. The quantitative estimate of drug-likeness (QED) is 0.250. The molecule has 0 saturated carbocycles. The Morgan fingerprint density at radius 3 is 1.96 bits per heavy atom. The molecule has 0 aromatic carbocycles. The van der Waals surface area contributed by atoms with Gasteiger partial charge in [0, 0.05) is 6.42 Å². The lowest BCUT2D eigenvalue weighted by Crippen LogP contribution is -2.41. The van der Waals surface area contributed by atoms with Crippen LogP contribution >= 0.6 is 0 Å². The second-order valence-electron chi connectivity index (χ2n) is 7.72. The van der Waals surface area contributed by atoms with Gasteiger partial charge in [0.2, 0.25) is 5.91 Å². The molecule has 0 heterocycles. The van der Waals surface area contributed by atoms with Crippen molar-refractivity contribution in [2.24, 2.45) is 5.92 Å². The average Bonchev–Trinajstić information content (AvgIpc) is 2.58. The monoisotopic (exact) mass is 367 g/mol. The summed E-state index contributed by atoms with van der Waals surface area (Å²) in [5.41, 5.74) is 0. The van der Waals surface area contributed by atoms with Crippen molar-refractivity contribution in [3.63, 3.8) is 0 Å². The molecule has 0 saturated heterocycles. The number of carbonyl (C=O) groups is 2. The zero-order valence-corrected chi connectivity index (χ0v) is 17.3. The van der Waals surface area contributed by atoms with E-state index in [1.165, 1.54) is 44.9 Å². The molecule has 1 unspecified atom stereocenters. The molecule has 1 amide bonds. The highest BCUT2D eigenvalue weighted by molar-refractivity contribution is 5.83. The smallest absolute Gasteiger partial charge is 0.326 e. The number of unbranched alkanes of at least 4 members (excludes halogenated alkanes) is 9. The molecule has 4 nitrogen and oxygen atoms in total. The summed E-state index contributed by atoms with van der Waals surface area (Å²) in [6.07, 6.45) is 18.6. The molecule has 26 heavy (non-hydrogen) atoms. The van der Waals surface area contributed by atoms with E-state index in [1.54, 1.807) is 0 Å². The molecule has 0 fully saturated rings. The molecule has 0 rings (SSSR count). The van der Waals surface area contributed by atoms with Gasteiger partial charge in [-0.3, -0.25) is 4.79 Å². The molecule has 0 radical (unpaired) electrons. The van der Waals surface area contributed by atoms with Gasteiger partial charge in [-0.1, -0.05) is 71.4 Å². The predicted octanol–water partition coefficient (Wildman–Crippen LogP) is 5.86. The van der Waals surface area contributed by atoms with Gasteiger partial charge in [-0.15, -0.1) is 0 Å². The van der Waals surface area contributed by atoms with Gasteiger partial charge in [-0.25, -0.2) is 4.79 Å². The number of hydrogen-bond donors (Lipinski definition) is 2. The summed E-state index contributed by atoms with van der Waals surface area (Å²) in [5.74, 6) is -0.823. The van der Waals surface area contributed by atoms with Crippen molar-refractivity contribution in [1.29, 1.82) is 0 Å². The van der Waals surface area contributed by atoms with Gasteiger partial charge in [0.1, 0.15) is 6.04 Å². The lowest BCUT2D eigenvalue weighted by Gasteiger charge is -2.16. The van der Waals surface area contributed by atoms with Gasteiger partial charge >= 0.3 is 5.97 Å². The molecular formula is C22H41NO3. The molecule has 0 aliphatic rings. The highest BCUT2D eigenvalue weighted by Gasteiger charge is 2.20. The maximum Gasteiger partial charge on any atom is 0.326 e. The van der Waals surface area contributed by atoms with E-state index in [0.29, 0.717) is 12.8 Å². The third-order valence-corrected chi connectivity index (χ3v) is 4.51. The van der Waals surface area contributed by atoms with Gasteiger partial charge in [0.05, 0.1) is 0 Å². The van der Waals surface area contributed by atoms with Crippen molar-refractivity contribution in [1.82, 2.24) is 5.32 Å². The van der Waals surface area contributed by atoms with Crippen LogP contribution in [0.1, 0.15) is 104 Å². The Morgan fingerprint density at radius 1 is 0.885 bits per heavy atom. The SMILES string of the molecule is CCCCCCC=CCCCCCCCC(=O)NC(CC(C)C)C(=O)O. The summed E-state index contributed by atoms with van der Waals surface area (Å²) in [7, 11) is 0. The molecule has 2 N–H and O–H groups in total. The topological polar surface area (TPSA) is 66.4 Å². The Kier molecular flexibility index (Phi) is 16.2. The summed E-state index contributed by atoms with van der Waals surface area (Å²) >= 11 is 0. The van der Waals surface area contributed by atoms with E-state index >= 15 is 0 Å². The van der Waals surface area contributed by atoms with Crippen molar-refractivity contribution >= 4 is 11.9 Å². The van der Waals surface area contributed by atoms with E-state index in [-0.39, 0.29) is 11.8 Å². The first-order valence-corrected chi connectivity index (χ1v) is 10.6.